The predicted octanol–water partition coefficient (Wildman–Crippen LogP) is 0.472. The highest BCUT2D eigenvalue weighted by molar-refractivity contribution is 5.98. The molecular formula is C13H23N5O2. The van der Waals surface area contributed by atoms with Gasteiger partial charge in [0.1, 0.15) is 0 Å². The Morgan fingerprint density at radius 3 is 2.55 bits per heavy atom. The van der Waals surface area contributed by atoms with Crippen LogP contribution in [0, 0.1) is 0 Å². The smallest absolute Gasteiger partial charge is 0.276 e. The minimum absolute atomic E-state index is 0.00589. The summed E-state index contributed by atoms with van der Waals surface area (Å²) >= 11 is 0. The second-order valence-corrected chi connectivity index (χ2v) is 4.83. The molecule has 0 unspecified atom stereocenters. The summed E-state index contributed by atoms with van der Waals surface area (Å²) in [6.45, 7) is 8.53. The van der Waals surface area contributed by atoms with Gasteiger partial charge >= 0.3 is 0 Å². The van der Waals surface area contributed by atoms with Crippen LogP contribution in [0.25, 0.3) is 0 Å². The first-order valence-electron chi connectivity index (χ1n) is 6.80. The monoisotopic (exact) mass is 281 g/mol. The van der Waals surface area contributed by atoms with Crippen LogP contribution >= 0.6 is 0 Å². The lowest BCUT2D eigenvalue weighted by Crippen LogP contribution is -2.42. The number of hydrogen-bond donors (Lipinski definition) is 2. The van der Waals surface area contributed by atoms with Gasteiger partial charge in [0.2, 0.25) is 5.91 Å². The number of hydrogen-bond acceptors (Lipinski definition) is 4. The SMILES string of the molecule is CCN(CC(=O)NC(C)C)C(=O)c1nn(CC)cc1N. The normalized spacial score (nSPS) is 10.7. The lowest BCUT2D eigenvalue weighted by Gasteiger charge is -2.20. The van der Waals surface area contributed by atoms with E-state index in [0.717, 1.165) is 0 Å². The van der Waals surface area contributed by atoms with E-state index < -0.39 is 0 Å². The molecule has 7 nitrogen and oxygen atoms in total. The predicted molar refractivity (Wildman–Crippen MR) is 77.2 cm³/mol. The van der Waals surface area contributed by atoms with E-state index in [9.17, 15) is 9.59 Å². The van der Waals surface area contributed by atoms with Gasteiger partial charge in [-0.05, 0) is 27.7 Å². The lowest BCUT2D eigenvalue weighted by atomic mass is 10.3. The number of aromatic nitrogens is 2. The van der Waals surface area contributed by atoms with Crippen molar-refractivity contribution in [2.24, 2.45) is 0 Å². The second kappa shape index (κ2) is 6.93. The van der Waals surface area contributed by atoms with Gasteiger partial charge in [-0.15, -0.1) is 0 Å². The summed E-state index contributed by atoms with van der Waals surface area (Å²) in [5.74, 6) is -0.514. The van der Waals surface area contributed by atoms with Crippen molar-refractivity contribution in [1.29, 1.82) is 0 Å². The average Bonchev–Trinajstić information content (AvgIpc) is 2.75. The summed E-state index contributed by atoms with van der Waals surface area (Å²) in [6, 6.07) is 0.0423. The minimum Gasteiger partial charge on any atom is -0.396 e. The van der Waals surface area contributed by atoms with E-state index in [0.29, 0.717) is 18.8 Å². The third kappa shape index (κ3) is 3.97. The molecule has 0 aliphatic heterocycles. The van der Waals surface area contributed by atoms with Crippen molar-refractivity contribution in [3.05, 3.63) is 11.9 Å². The summed E-state index contributed by atoms with van der Waals surface area (Å²) in [5, 5.41) is 6.89. The zero-order chi connectivity index (χ0) is 15.3. The standard InChI is InChI=1S/C13H23N5O2/c1-5-17(8-11(19)15-9(3)4)13(20)12-10(14)7-18(6-2)16-12/h7,9H,5-6,8,14H2,1-4H3,(H,15,19). The lowest BCUT2D eigenvalue weighted by molar-refractivity contribution is -0.122. The van der Waals surface area contributed by atoms with E-state index in [4.69, 9.17) is 5.73 Å². The van der Waals surface area contributed by atoms with Crippen molar-refractivity contribution < 1.29 is 9.59 Å². The maximum absolute atomic E-state index is 12.3. The maximum atomic E-state index is 12.3. The molecular weight excluding hydrogens is 258 g/mol. The van der Waals surface area contributed by atoms with Crippen molar-refractivity contribution in [1.82, 2.24) is 20.0 Å². The second-order valence-electron chi connectivity index (χ2n) is 4.83. The van der Waals surface area contributed by atoms with Gasteiger partial charge in [0.15, 0.2) is 5.69 Å². The first-order chi connectivity index (χ1) is 9.38. The van der Waals surface area contributed by atoms with Gasteiger partial charge in [0.25, 0.3) is 5.91 Å². The van der Waals surface area contributed by atoms with Crippen LogP contribution in [-0.2, 0) is 11.3 Å². The minimum atomic E-state index is -0.323. The van der Waals surface area contributed by atoms with Crippen LogP contribution in [0.3, 0.4) is 0 Å². The summed E-state index contributed by atoms with van der Waals surface area (Å²) in [6.07, 6.45) is 1.62. The van der Waals surface area contributed by atoms with E-state index in [-0.39, 0.29) is 30.1 Å². The van der Waals surface area contributed by atoms with Crippen LogP contribution in [0.4, 0.5) is 5.69 Å². The van der Waals surface area contributed by atoms with E-state index in [2.05, 4.69) is 10.4 Å². The van der Waals surface area contributed by atoms with Crippen molar-refractivity contribution in [2.75, 3.05) is 18.8 Å². The van der Waals surface area contributed by atoms with E-state index in [1.54, 1.807) is 10.9 Å². The van der Waals surface area contributed by atoms with Crippen molar-refractivity contribution in [3.8, 4) is 0 Å². The topological polar surface area (TPSA) is 93.2 Å². The number of nitrogens with two attached hydrogens (primary N) is 1. The Kier molecular flexibility index (Phi) is 5.54. The first-order valence-corrected chi connectivity index (χ1v) is 6.80. The third-order valence-electron chi connectivity index (χ3n) is 2.77. The van der Waals surface area contributed by atoms with Gasteiger partial charge in [-0.25, -0.2) is 0 Å². The fourth-order valence-electron chi connectivity index (χ4n) is 1.78. The zero-order valence-electron chi connectivity index (χ0n) is 12.5. The Morgan fingerprint density at radius 1 is 1.45 bits per heavy atom. The summed E-state index contributed by atoms with van der Waals surface area (Å²) in [4.78, 5) is 25.5. The molecule has 1 aromatic rings. The molecule has 2 amide bonds. The molecule has 1 heterocycles. The number of carbonyl (C=O) groups excluding carboxylic acids is 2. The Bertz CT molecular complexity index is 481. The van der Waals surface area contributed by atoms with Crippen LogP contribution in [0.1, 0.15) is 38.2 Å². The molecule has 1 rings (SSSR count). The van der Waals surface area contributed by atoms with Gasteiger partial charge in [0.05, 0.1) is 12.2 Å². The summed E-state index contributed by atoms with van der Waals surface area (Å²) in [7, 11) is 0. The Balaban J connectivity index is 2.81. The fourth-order valence-corrected chi connectivity index (χ4v) is 1.78. The molecule has 7 heteroatoms. The molecule has 0 saturated heterocycles. The van der Waals surface area contributed by atoms with Crippen LogP contribution in [-0.4, -0.2) is 45.6 Å². The number of rotatable bonds is 6. The molecule has 1 aromatic heterocycles. The Labute approximate surface area is 119 Å². The van der Waals surface area contributed by atoms with E-state index in [1.165, 1.54) is 4.90 Å². The fraction of sp³-hybridized carbons (Fsp3) is 0.615. The number of anilines is 1. The molecule has 0 spiro atoms. The molecule has 0 aliphatic rings. The van der Waals surface area contributed by atoms with Crippen molar-refractivity contribution in [3.63, 3.8) is 0 Å². The number of likely N-dealkylation sites (N-methyl/N-ethyl adjacent to an activating group) is 1. The molecule has 0 radical (unpaired) electrons. The molecule has 0 saturated carbocycles. The zero-order valence-corrected chi connectivity index (χ0v) is 12.5. The Morgan fingerprint density at radius 2 is 2.10 bits per heavy atom. The largest absolute Gasteiger partial charge is 0.396 e. The molecule has 112 valence electrons. The number of aryl methyl sites for hydroxylation is 1. The van der Waals surface area contributed by atoms with Gasteiger partial charge in [0, 0.05) is 25.3 Å². The molecule has 3 N–H and O–H groups in total. The number of carbonyl (C=O) groups is 2. The highest BCUT2D eigenvalue weighted by Crippen LogP contribution is 2.12. The quantitative estimate of drug-likeness (QED) is 0.792. The molecule has 20 heavy (non-hydrogen) atoms. The highest BCUT2D eigenvalue weighted by Gasteiger charge is 2.22. The maximum Gasteiger partial charge on any atom is 0.276 e. The molecule has 0 bridgehead atoms. The van der Waals surface area contributed by atoms with Crippen LogP contribution in [0.15, 0.2) is 6.20 Å². The molecule has 0 atom stereocenters. The van der Waals surface area contributed by atoms with Gasteiger partial charge in [-0.3, -0.25) is 14.3 Å². The number of nitrogens with zero attached hydrogens (tertiary/aromatic N) is 3. The van der Waals surface area contributed by atoms with Gasteiger partial charge in [-0.2, -0.15) is 5.10 Å². The van der Waals surface area contributed by atoms with Crippen LogP contribution in [0.2, 0.25) is 0 Å². The highest BCUT2D eigenvalue weighted by atomic mass is 16.2. The average molecular weight is 281 g/mol. The van der Waals surface area contributed by atoms with E-state index >= 15 is 0 Å². The number of amides is 2. The van der Waals surface area contributed by atoms with Crippen LogP contribution < -0.4 is 11.1 Å². The number of nitrogen functional groups attached to an aromatic ring is 1. The first kappa shape index (κ1) is 16.0. The molecule has 0 aliphatic carbocycles. The summed E-state index contributed by atoms with van der Waals surface area (Å²) in [5.41, 5.74) is 6.32. The molecule has 0 aromatic carbocycles. The third-order valence-corrected chi connectivity index (χ3v) is 2.77. The van der Waals surface area contributed by atoms with Crippen molar-refractivity contribution in [2.45, 2.75) is 40.3 Å². The van der Waals surface area contributed by atoms with E-state index in [1.807, 2.05) is 27.7 Å². The summed E-state index contributed by atoms with van der Waals surface area (Å²) < 4.78 is 1.60. The van der Waals surface area contributed by atoms with Crippen molar-refractivity contribution >= 4 is 17.5 Å². The van der Waals surface area contributed by atoms with Crippen LogP contribution in [0.5, 0.6) is 0 Å². The Hall–Kier alpha value is -2.05. The molecule has 0 fully saturated rings. The van der Waals surface area contributed by atoms with Gasteiger partial charge in [-0.1, -0.05) is 0 Å². The van der Waals surface area contributed by atoms with Gasteiger partial charge < -0.3 is 16.0 Å². The number of nitrogens with one attached hydrogen (secondary N) is 1.